The Balaban J connectivity index is 1.66. The summed E-state index contributed by atoms with van der Waals surface area (Å²) in [5, 5.41) is 5.11. The summed E-state index contributed by atoms with van der Waals surface area (Å²) in [5.41, 5.74) is 1.76. The van der Waals surface area contributed by atoms with Gasteiger partial charge in [0.15, 0.2) is 0 Å². The number of halogens is 1. The number of nitrogens with one attached hydrogen (secondary N) is 2. The molecule has 2 N–H and O–H groups in total. The van der Waals surface area contributed by atoms with Gasteiger partial charge in [-0.2, -0.15) is 0 Å². The first-order valence-corrected chi connectivity index (χ1v) is 12.8. The molecule has 3 atom stereocenters. The van der Waals surface area contributed by atoms with Crippen molar-refractivity contribution in [3.05, 3.63) is 71.8 Å². The average Bonchev–Trinajstić information content (AvgIpc) is 3.33. The zero-order chi connectivity index (χ0) is 24.1. The summed E-state index contributed by atoms with van der Waals surface area (Å²) in [6.45, 7) is 0.436. The van der Waals surface area contributed by atoms with Gasteiger partial charge in [0.05, 0.1) is 34.8 Å². The average molecular weight is 592 g/mol. The van der Waals surface area contributed by atoms with Gasteiger partial charge in [0.1, 0.15) is 18.1 Å². The summed E-state index contributed by atoms with van der Waals surface area (Å²) in [4.78, 5) is 54.3. The van der Waals surface area contributed by atoms with Gasteiger partial charge in [0, 0.05) is 19.4 Å². The fourth-order valence-corrected chi connectivity index (χ4v) is 5.68. The van der Waals surface area contributed by atoms with Crippen molar-refractivity contribution < 1.29 is 19.2 Å². The Morgan fingerprint density at radius 3 is 2.03 bits per heavy atom. The molecule has 4 amide bonds. The van der Waals surface area contributed by atoms with E-state index in [4.69, 9.17) is 0 Å². The van der Waals surface area contributed by atoms with E-state index in [1.807, 2.05) is 60.7 Å². The van der Waals surface area contributed by atoms with Gasteiger partial charge in [-0.1, -0.05) is 60.7 Å². The largest absolute Gasteiger partial charge is 0.342 e. The topological polar surface area (TPSA) is 98.8 Å². The Labute approximate surface area is 216 Å². The van der Waals surface area contributed by atoms with Crippen molar-refractivity contribution in [2.24, 2.45) is 0 Å². The van der Waals surface area contributed by atoms with Crippen LogP contribution in [0.25, 0.3) is 0 Å². The molecule has 0 saturated carbocycles. The van der Waals surface area contributed by atoms with E-state index in [0.717, 1.165) is 11.1 Å². The highest BCUT2D eigenvalue weighted by atomic mass is 127. The molecule has 178 valence electrons. The van der Waals surface area contributed by atoms with E-state index in [9.17, 15) is 19.2 Å². The molecule has 0 aromatic heterocycles. The van der Waals surface area contributed by atoms with Crippen LogP contribution in [0, 0.1) is 0 Å². The first-order chi connectivity index (χ1) is 16.4. The predicted molar refractivity (Wildman–Crippen MR) is 138 cm³/mol. The van der Waals surface area contributed by atoms with Crippen LogP contribution in [-0.2, 0) is 27.2 Å². The molecule has 3 unspecified atom stereocenters. The van der Waals surface area contributed by atoms with Crippen LogP contribution < -0.4 is 10.6 Å². The lowest BCUT2D eigenvalue weighted by molar-refractivity contribution is -0.142. The highest BCUT2D eigenvalue weighted by molar-refractivity contribution is 14.1. The summed E-state index contributed by atoms with van der Waals surface area (Å²) in [6.07, 6.45) is 1.76. The number of rotatable bonds is 4. The minimum atomic E-state index is -0.901. The van der Waals surface area contributed by atoms with E-state index in [1.54, 1.807) is 27.8 Å². The predicted octanol–water partition coefficient (Wildman–Crippen LogP) is 2.87. The maximum atomic E-state index is 13.6. The van der Waals surface area contributed by atoms with Crippen LogP contribution in [-0.4, -0.2) is 55.0 Å². The Morgan fingerprint density at radius 2 is 1.41 bits per heavy atom. The third-order valence-corrected chi connectivity index (χ3v) is 7.64. The van der Waals surface area contributed by atoms with Crippen LogP contribution in [0.4, 0.5) is 4.79 Å². The maximum Gasteiger partial charge on any atom is 0.301 e. The van der Waals surface area contributed by atoms with E-state index < -0.39 is 29.3 Å². The van der Waals surface area contributed by atoms with Gasteiger partial charge in [-0.15, -0.1) is 0 Å². The number of nitrogens with zero attached hydrogens (tertiary/aromatic N) is 2. The SMILES string of the molecule is O=C1NC(Cc2ccccc2)C(=O)NC(Cc2ccccc2)C(=O)N2CCCC2C(=O)N(I)S1. The number of fused-ring (bicyclic) bond motifs is 1. The van der Waals surface area contributed by atoms with Gasteiger partial charge in [-0.05, 0) is 24.0 Å². The molecule has 2 aliphatic rings. The van der Waals surface area contributed by atoms with Crippen LogP contribution in [0.1, 0.15) is 24.0 Å². The minimum absolute atomic E-state index is 0.257. The molecule has 2 heterocycles. The molecule has 0 bridgehead atoms. The second kappa shape index (κ2) is 11.2. The van der Waals surface area contributed by atoms with Crippen LogP contribution in [0.2, 0.25) is 0 Å². The van der Waals surface area contributed by atoms with Crippen molar-refractivity contribution in [1.29, 1.82) is 0 Å². The van der Waals surface area contributed by atoms with Crippen LogP contribution in [0.3, 0.4) is 0 Å². The lowest BCUT2D eigenvalue weighted by atomic mass is 10.0. The van der Waals surface area contributed by atoms with E-state index in [1.165, 1.54) is 2.52 Å². The smallest absolute Gasteiger partial charge is 0.301 e. The molecule has 4 rings (SSSR count). The normalized spacial score (nSPS) is 24.1. The number of carbonyl (C=O) groups excluding carboxylic acids is 4. The first-order valence-electron chi connectivity index (χ1n) is 11.1. The monoisotopic (exact) mass is 592 g/mol. The van der Waals surface area contributed by atoms with E-state index in [0.29, 0.717) is 31.3 Å². The fraction of sp³-hybridized carbons (Fsp3) is 0.333. The summed E-state index contributed by atoms with van der Waals surface area (Å²) in [6, 6.07) is 16.4. The molecule has 2 saturated heterocycles. The quantitative estimate of drug-likeness (QED) is 0.324. The molecule has 0 aliphatic carbocycles. The third kappa shape index (κ3) is 5.90. The van der Waals surface area contributed by atoms with Crippen molar-refractivity contribution in [2.45, 2.75) is 43.8 Å². The molecule has 34 heavy (non-hydrogen) atoms. The number of hydrogen-bond acceptors (Lipinski definition) is 5. The lowest BCUT2D eigenvalue weighted by Gasteiger charge is -2.32. The number of benzene rings is 2. The third-order valence-electron chi connectivity index (χ3n) is 5.95. The molecule has 2 fully saturated rings. The van der Waals surface area contributed by atoms with Crippen LogP contribution in [0.15, 0.2) is 60.7 Å². The van der Waals surface area contributed by atoms with Gasteiger partial charge >= 0.3 is 5.24 Å². The molecule has 2 aliphatic heterocycles. The molecule has 2 aromatic carbocycles. The van der Waals surface area contributed by atoms with Crippen molar-refractivity contribution >= 4 is 57.8 Å². The van der Waals surface area contributed by atoms with Crippen LogP contribution in [0.5, 0.6) is 0 Å². The molecular weight excluding hydrogens is 567 g/mol. The molecule has 8 nitrogen and oxygen atoms in total. The van der Waals surface area contributed by atoms with E-state index >= 15 is 0 Å². The van der Waals surface area contributed by atoms with Crippen molar-refractivity contribution in [1.82, 2.24) is 18.1 Å². The molecule has 2 aromatic rings. The summed E-state index contributed by atoms with van der Waals surface area (Å²) < 4.78 is 1.23. The number of carbonyl (C=O) groups is 4. The Bertz CT molecular complexity index is 1060. The Hall–Kier alpha value is -2.60. The van der Waals surface area contributed by atoms with Gasteiger partial charge < -0.3 is 15.5 Å². The molecule has 10 heteroatoms. The molecule has 0 radical (unpaired) electrons. The Morgan fingerprint density at radius 1 is 0.824 bits per heavy atom. The minimum Gasteiger partial charge on any atom is -0.342 e. The zero-order valence-electron chi connectivity index (χ0n) is 18.4. The first kappa shape index (κ1) is 24.5. The fourth-order valence-electron chi connectivity index (χ4n) is 4.27. The van der Waals surface area contributed by atoms with E-state index in [2.05, 4.69) is 10.6 Å². The highest BCUT2D eigenvalue weighted by Gasteiger charge is 2.41. The second-order valence-corrected chi connectivity index (χ2v) is 10.8. The van der Waals surface area contributed by atoms with Gasteiger partial charge in [0.25, 0.3) is 5.91 Å². The Kier molecular flexibility index (Phi) is 8.09. The molecular formula is C24H25IN4O4S. The van der Waals surface area contributed by atoms with Gasteiger partial charge in [-0.3, -0.25) is 19.2 Å². The number of amides is 4. The maximum absolute atomic E-state index is 13.6. The van der Waals surface area contributed by atoms with Crippen molar-refractivity contribution in [3.8, 4) is 0 Å². The van der Waals surface area contributed by atoms with Gasteiger partial charge in [-0.25, -0.2) is 2.52 Å². The second-order valence-electron chi connectivity index (χ2n) is 8.29. The summed E-state index contributed by atoms with van der Waals surface area (Å²) >= 11 is 2.48. The summed E-state index contributed by atoms with van der Waals surface area (Å²) in [5.74, 6) is -1.03. The number of hydrogen-bond donors (Lipinski definition) is 2. The lowest BCUT2D eigenvalue weighted by Crippen LogP contribution is -2.58. The van der Waals surface area contributed by atoms with Crippen molar-refractivity contribution in [3.63, 3.8) is 0 Å². The molecule has 0 spiro atoms. The summed E-state index contributed by atoms with van der Waals surface area (Å²) in [7, 11) is 0. The highest BCUT2D eigenvalue weighted by Crippen LogP contribution is 2.27. The zero-order valence-corrected chi connectivity index (χ0v) is 21.3. The van der Waals surface area contributed by atoms with Gasteiger partial charge in [0.2, 0.25) is 11.8 Å². The standard InChI is InChI=1S/C24H25IN4O4S/c25-29-23(32)20-12-7-13-28(20)22(31)19(15-17-10-5-2-6-11-17)26-21(30)18(27-24(33)34-29)14-16-8-3-1-4-9-16/h1-6,8-11,18-20H,7,12-15H2,(H,26,30)(H,27,33). The van der Waals surface area contributed by atoms with Crippen molar-refractivity contribution in [2.75, 3.05) is 6.54 Å². The van der Waals surface area contributed by atoms with Crippen LogP contribution >= 0.6 is 34.8 Å². The van der Waals surface area contributed by atoms with E-state index in [-0.39, 0.29) is 24.7 Å².